The lowest BCUT2D eigenvalue weighted by Crippen LogP contribution is -2.12. The van der Waals surface area contributed by atoms with Gasteiger partial charge in [-0.3, -0.25) is 4.79 Å². The molecule has 0 radical (unpaired) electrons. The molecule has 0 unspecified atom stereocenters. The summed E-state index contributed by atoms with van der Waals surface area (Å²) in [5, 5.41) is 15.4. The second-order valence-corrected chi connectivity index (χ2v) is 5.07. The van der Waals surface area contributed by atoms with Gasteiger partial charge in [0, 0.05) is 11.1 Å². The Hall–Kier alpha value is -1.85. The zero-order chi connectivity index (χ0) is 14.0. The maximum absolute atomic E-state index is 12.0. The van der Waals surface area contributed by atoms with Gasteiger partial charge in [0.05, 0.1) is 16.1 Å². The van der Waals surface area contributed by atoms with Gasteiger partial charge in [-0.25, -0.2) is 4.79 Å². The highest BCUT2D eigenvalue weighted by molar-refractivity contribution is 7.08. The number of nitrogens with one attached hydrogen (secondary N) is 1. The molecular formula is C13H10ClNO3S. The summed E-state index contributed by atoms with van der Waals surface area (Å²) in [7, 11) is 0. The molecule has 1 amide bonds. The van der Waals surface area contributed by atoms with E-state index in [1.54, 1.807) is 11.4 Å². The lowest BCUT2D eigenvalue weighted by Gasteiger charge is -2.07. The van der Waals surface area contributed by atoms with Crippen LogP contribution in [0.15, 0.2) is 29.0 Å². The number of carbonyl (C=O) groups excluding carboxylic acids is 1. The van der Waals surface area contributed by atoms with Crippen LogP contribution >= 0.6 is 22.9 Å². The maximum atomic E-state index is 12.0. The van der Waals surface area contributed by atoms with E-state index in [4.69, 9.17) is 16.7 Å². The second-order valence-electron chi connectivity index (χ2n) is 3.92. The van der Waals surface area contributed by atoms with Crippen LogP contribution in [0.3, 0.4) is 0 Å². The van der Waals surface area contributed by atoms with Gasteiger partial charge in [-0.15, -0.1) is 0 Å². The number of rotatable bonds is 3. The van der Waals surface area contributed by atoms with E-state index < -0.39 is 5.97 Å². The van der Waals surface area contributed by atoms with Crippen molar-refractivity contribution < 1.29 is 14.7 Å². The van der Waals surface area contributed by atoms with E-state index >= 15 is 0 Å². The van der Waals surface area contributed by atoms with Crippen LogP contribution in [0, 0.1) is 6.92 Å². The number of carbonyl (C=O) groups is 2. The van der Waals surface area contributed by atoms with Crippen molar-refractivity contribution in [2.75, 3.05) is 5.32 Å². The van der Waals surface area contributed by atoms with E-state index in [1.165, 1.54) is 23.5 Å². The third-order valence-electron chi connectivity index (χ3n) is 2.55. The number of aromatic carboxylic acids is 1. The topological polar surface area (TPSA) is 66.4 Å². The molecule has 1 heterocycles. The normalized spacial score (nSPS) is 10.2. The number of thiophene rings is 1. The minimum atomic E-state index is -1.13. The minimum Gasteiger partial charge on any atom is -0.478 e. The van der Waals surface area contributed by atoms with Crippen molar-refractivity contribution in [2.45, 2.75) is 6.92 Å². The molecule has 0 fully saturated rings. The highest BCUT2D eigenvalue weighted by Crippen LogP contribution is 2.22. The Bertz CT molecular complexity index is 651. The first-order chi connectivity index (χ1) is 8.99. The Kier molecular flexibility index (Phi) is 3.87. The SMILES string of the molecule is Cc1cscc1C(=O)Nc1ccc(Cl)c(C(=O)O)c1. The molecule has 0 atom stereocenters. The van der Waals surface area contributed by atoms with Crippen molar-refractivity contribution in [2.24, 2.45) is 0 Å². The minimum absolute atomic E-state index is 0.0403. The fraction of sp³-hybridized carbons (Fsp3) is 0.0769. The summed E-state index contributed by atoms with van der Waals surface area (Å²) < 4.78 is 0. The van der Waals surface area contributed by atoms with Crippen molar-refractivity contribution in [1.29, 1.82) is 0 Å². The molecule has 0 aliphatic rings. The molecule has 1 aromatic heterocycles. The molecule has 0 aliphatic heterocycles. The van der Waals surface area contributed by atoms with Crippen LogP contribution in [0.25, 0.3) is 0 Å². The monoisotopic (exact) mass is 295 g/mol. The summed E-state index contributed by atoms with van der Waals surface area (Å²) >= 11 is 7.20. The van der Waals surface area contributed by atoms with Crippen LogP contribution in [-0.2, 0) is 0 Å². The number of anilines is 1. The van der Waals surface area contributed by atoms with E-state index in [-0.39, 0.29) is 16.5 Å². The summed E-state index contributed by atoms with van der Waals surface area (Å²) in [6.45, 7) is 1.84. The molecule has 0 saturated heterocycles. The zero-order valence-electron chi connectivity index (χ0n) is 9.94. The average Bonchev–Trinajstić information content (AvgIpc) is 2.77. The lowest BCUT2D eigenvalue weighted by molar-refractivity contribution is 0.0696. The Morgan fingerprint density at radius 3 is 2.58 bits per heavy atom. The van der Waals surface area contributed by atoms with Gasteiger partial charge in [0.2, 0.25) is 0 Å². The maximum Gasteiger partial charge on any atom is 0.337 e. The summed E-state index contributed by atoms with van der Waals surface area (Å²) in [5.41, 5.74) is 1.82. The van der Waals surface area contributed by atoms with Crippen molar-refractivity contribution in [1.82, 2.24) is 0 Å². The van der Waals surface area contributed by atoms with E-state index in [0.717, 1.165) is 5.56 Å². The van der Waals surface area contributed by atoms with Crippen LogP contribution in [-0.4, -0.2) is 17.0 Å². The van der Waals surface area contributed by atoms with Crippen molar-refractivity contribution >= 4 is 40.5 Å². The van der Waals surface area contributed by atoms with Gasteiger partial charge < -0.3 is 10.4 Å². The summed E-state index contributed by atoms with van der Waals surface area (Å²) in [4.78, 5) is 22.9. The highest BCUT2D eigenvalue weighted by Gasteiger charge is 2.13. The summed E-state index contributed by atoms with van der Waals surface area (Å²) in [5.74, 6) is -1.40. The van der Waals surface area contributed by atoms with E-state index in [2.05, 4.69) is 5.32 Å². The number of halogens is 1. The van der Waals surface area contributed by atoms with E-state index in [0.29, 0.717) is 11.3 Å². The molecule has 6 heteroatoms. The zero-order valence-corrected chi connectivity index (χ0v) is 11.5. The number of hydrogen-bond donors (Lipinski definition) is 2. The predicted molar refractivity (Wildman–Crippen MR) is 75.4 cm³/mol. The van der Waals surface area contributed by atoms with Gasteiger partial charge in [-0.1, -0.05) is 11.6 Å². The molecule has 2 aromatic rings. The first kappa shape index (κ1) is 13.6. The molecule has 4 nitrogen and oxygen atoms in total. The van der Waals surface area contributed by atoms with Crippen LogP contribution < -0.4 is 5.32 Å². The van der Waals surface area contributed by atoms with E-state index in [9.17, 15) is 9.59 Å². The average molecular weight is 296 g/mol. The third-order valence-corrected chi connectivity index (χ3v) is 3.75. The van der Waals surface area contributed by atoms with Gasteiger partial charge in [-0.05, 0) is 36.1 Å². The van der Waals surface area contributed by atoms with E-state index in [1.807, 2.05) is 12.3 Å². The van der Waals surface area contributed by atoms with Crippen molar-refractivity contribution in [3.63, 3.8) is 0 Å². The Morgan fingerprint density at radius 2 is 2.00 bits per heavy atom. The molecule has 1 aromatic carbocycles. The van der Waals surface area contributed by atoms with Gasteiger partial charge in [0.1, 0.15) is 0 Å². The van der Waals surface area contributed by atoms with Crippen LogP contribution in [0.2, 0.25) is 5.02 Å². The summed E-state index contributed by atoms with van der Waals surface area (Å²) in [6.07, 6.45) is 0. The number of carboxylic acid groups (broad SMARTS) is 1. The van der Waals surface area contributed by atoms with Crippen LogP contribution in [0.4, 0.5) is 5.69 Å². The Labute approximate surface area is 118 Å². The van der Waals surface area contributed by atoms with Gasteiger partial charge in [0.15, 0.2) is 0 Å². The van der Waals surface area contributed by atoms with Gasteiger partial charge in [0.25, 0.3) is 5.91 Å². The third kappa shape index (κ3) is 2.94. The first-order valence-corrected chi connectivity index (χ1v) is 6.68. The van der Waals surface area contributed by atoms with Crippen molar-refractivity contribution in [3.05, 3.63) is 50.7 Å². The molecule has 2 N–H and O–H groups in total. The van der Waals surface area contributed by atoms with Crippen molar-refractivity contribution in [3.8, 4) is 0 Å². The molecule has 0 spiro atoms. The summed E-state index contributed by atoms with van der Waals surface area (Å²) in [6, 6.07) is 4.35. The molecule has 0 bridgehead atoms. The predicted octanol–water partition coefficient (Wildman–Crippen LogP) is 3.66. The molecular weight excluding hydrogens is 286 g/mol. The Morgan fingerprint density at radius 1 is 1.26 bits per heavy atom. The number of amides is 1. The molecule has 0 aliphatic carbocycles. The van der Waals surface area contributed by atoms with Crippen LogP contribution in [0.1, 0.15) is 26.3 Å². The number of hydrogen-bond acceptors (Lipinski definition) is 3. The fourth-order valence-corrected chi connectivity index (χ4v) is 2.59. The highest BCUT2D eigenvalue weighted by atomic mass is 35.5. The van der Waals surface area contributed by atoms with Gasteiger partial charge in [-0.2, -0.15) is 11.3 Å². The standard InChI is InChI=1S/C13H10ClNO3S/c1-7-5-19-6-10(7)12(16)15-8-2-3-11(14)9(4-8)13(17)18/h2-6H,1H3,(H,15,16)(H,17,18). The smallest absolute Gasteiger partial charge is 0.337 e. The lowest BCUT2D eigenvalue weighted by atomic mass is 10.1. The second kappa shape index (κ2) is 5.42. The van der Waals surface area contributed by atoms with Crippen LogP contribution in [0.5, 0.6) is 0 Å². The molecule has 0 saturated carbocycles. The number of carboxylic acids is 1. The van der Waals surface area contributed by atoms with Gasteiger partial charge >= 0.3 is 5.97 Å². The largest absolute Gasteiger partial charge is 0.478 e. The number of aryl methyl sites for hydroxylation is 1. The first-order valence-electron chi connectivity index (χ1n) is 5.36. The number of benzene rings is 1. The quantitative estimate of drug-likeness (QED) is 0.908. The Balaban J connectivity index is 2.25. The molecule has 2 rings (SSSR count). The fourth-order valence-electron chi connectivity index (χ4n) is 1.56. The molecule has 19 heavy (non-hydrogen) atoms. The molecule has 98 valence electrons.